The summed E-state index contributed by atoms with van der Waals surface area (Å²) in [5, 5.41) is 3.37. The Bertz CT molecular complexity index is 859. The summed E-state index contributed by atoms with van der Waals surface area (Å²) in [6.45, 7) is 7.08. The quantitative estimate of drug-likeness (QED) is 0.753. The molecule has 1 aliphatic heterocycles. The molecule has 2 aromatic rings. The minimum atomic E-state index is -0.0778. The summed E-state index contributed by atoms with van der Waals surface area (Å²) in [4.78, 5) is 27.7. The molecular weight excluding hydrogens is 390 g/mol. The number of ether oxygens (including phenoxy) is 1. The van der Waals surface area contributed by atoms with Gasteiger partial charge in [-0.1, -0.05) is 29.8 Å². The highest BCUT2D eigenvalue weighted by Crippen LogP contribution is 2.20. The number of carbonyl (C=O) groups excluding carboxylic acids is 2. The largest absolute Gasteiger partial charge is 0.484 e. The molecule has 6 nitrogen and oxygen atoms in total. The van der Waals surface area contributed by atoms with Crippen LogP contribution in [-0.4, -0.2) is 56.0 Å². The number of para-hydroxylation sites is 1. The number of carbonyl (C=O) groups is 2. The van der Waals surface area contributed by atoms with E-state index in [0.717, 1.165) is 34.9 Å². The zero-order valence-corrected chi connectivity index (χ0v) is 17.6. The SMILES string of the molecule is Cc1cc(C)cc(OCC(=O)N2CC[NH+](CC(=O)Nc3ccccc3Cl)CC2)c1. The zero-order chi connectivity index (χ0) is 20.8. The third-order valence-electron chi connectivity index (χ3n) is 4.94. The van der Waals surface area contributed by atoms with Crippen molar-refractivity contribution in [1.82, 2.24) is 4.90 Å². The van der Waals surface area contributed by atoms with Gasteiger partial charge in [0.2, 0.25) is 0 Å². The lowest BCUT2D eigenvalue weighted by atomic mass is 10.1. The zero-order valence-electron chi connectivity index (χ0n) is 16.8. The second-order valence-corrected chi connectivity index (χ2v) is 7.85. The van der Waals surface area contributed by atoms with Crippen LogP contribution in [0.4, 0.5) is 5.69 Å². The number of benzene rings is 2. The van der Waals surface area contributed by atoms with Crippen molar-refractivity contribution in [2.75, 3.05) is 44.6 Å². The smallest absolute Gasteiger partial charge is 0.279 e. The number of quaternary nitrogens is 1. The maximum absolute atomic E-state index is 12.4. The summed E-state index contributed by atoms with van der Waals surface area (Å²) in [6.07, 6.45) is 0. The number of nitrogens with zero attached hydrogens (tertiary/aromatic N) is 1. The Kier molecular flexibility index (Phi) is 7.12. The molecule has 2 N–H and O–H groups in total. The van der Waals surface area contributed by atoms with Crippen molar-refractivity contribution >= 4 is 29.1 Å². The van der Waals surface area contributed by atoms with Crippen molar-refractivity contribution in [2.45, 2.75) is 13.8 Å². The van der Waals surface area contributed by atoms with Gasteiger partial charge in [0.15, 0.2) is 13.2 Å². The van der Waals surface area contributed by atoms with Gasteiger partial charge in [-0.3, -0.25) is 9.59 Å². The molecule has 2 amide bonds. The molecule has 154 valence electrons. The molecule has 0 saturated carbocycles. The van der Waals surface area contributed by atoms with E-state index in [1.54, 1.807) is 17.0 Å². The predicted octanol–water partition coefficient (Wildman–Crippen LogP) is 1.70. The molecule has 1 saturated heterocycles. The van der Waals surface area contributed by atoms with E-state index in [2.05, 4.69) is 11.4 Å². The first kappa shape index (κ1) is 21.1. The third-order valence-corrected chi connectivity index (χ3v) is 5.27. The predicted molar refractivity (Wildman–Crippen MR) is 114 cm³/mol. The van der Waals surface area contributed by atoms with E-state index in [1.807, 2.05) is 38.1 Å². The molecule has 1 heterocycles. The van der Waals surface area contributed by atoms with Crippen molar-refractivity contribution in [2.24, 2.45) is 0 Å². The van der Waals surface area contributed by atoms with E-state index in [1.165, 1.54) is 0 Å². The maximum Gasteiger partial charge on any atom is 0.279 e. The Morgan fingerprint density at radius 2 is 1.76 bits per heavy atom. The van der Waals surface area contributed by atoms with E-state index in [9.17, 15) is 9.59 Å². The number of rotatable bonds is 6. The van der Waals surface area contributed by atoms with Gasteiger partial charge in [-0.2, -0.15) is 0 Å². The number of hydrogen-bond acceptors (Lipinski definition) is 3. The van der Waals surface area contributed by atoms with Crippen LogP contribution in [0.3, 0.4) is 0 Å². The highest BCUT2D eigenvalue weighted by Gasteiger charge is 2.25. The molecule has 29 heavy (non-hydrogen) atoms. The lowest BCUT2D eigenvalue weighted by Gasteiger charge is -2.31. The first-order valence-electron chi connectivity index (χ1n) is 9.77. The molecule has 3 rings (SSSR count). The Labute approximate surface area is 176 Å². The van der Waals surface area contributed by atoms with E-state index >= 15 is 0 Å². The average molecular weight is 417 g/mol. The maximum atomic E-state index is 12.4. The summed E-state index contributed by atoms with van der Waals surface area (Å²) in [5.74, 6) is 0.617. The number of hydrogen-bond donors (Lipinski definition) is 2. The van der Waals surface area contributed by atoms with Crippen LogP contribution in [0.15, 0.2) is 42.5 Å². The highest BCUT2D eigenvalue weighted by atomic mass is 35.5. The summed E-state index contributed by atoms with van der Waals surface area (Å²) in [7, 11) is 0. The molecule has 0 aromatic heterocycles. The molecule has 2 aromatic carbocycles. The molecular formula is C22H27ClN3O3+. The molecule has 0 radical (unpaired) electrons. The van der Waals surface area contributed by atoms with Gasteiger partial charge >= 0.3 is 0 Å². The normalized spacial score (nSPS) is 14.5. The van der Waals surface area contributed by atoms with Gasteiger partial charge in [-0.05, 0) is 49.2 Å². The van der Waals surface area contributed by atoms with E-state index in [0.29, 0.717) is 30.3 Å². The van der Waals surface area contributed by atoms with Gasteiger partial charge in [-0.15, -0.1) is 0 Å². The lowest BCUT2D eigenvalue weighted by Crippen LogP contribution is -3.15. The van der Waals surface area contributed by atoms with E-state index < -0.39 is 0 Å². The Morgan fingerprint density at radius 3 is 2.41 bits per heavy atom. The fourth-order valence-electron chi connectivity index (χ4n) is 3.49. The van der Waals surface area contributed by atoms with Gasteiger partial charge in [0.05, 0.1) is 36.9 Å². The van der Waals surface area contributed by atoms with Crippen molar-refractivity contribution in [3.63, 3.8) is 0 Å². The van der Waals surface area contributed by atoms with Crippen molar-refractivity contribution in [3.05, 3.63) is 58.6 Å². The summed E-state index contributed by atoms with van der Waals surface area (Å²) < 4.78 is 5.68. The molecule has 0 atom stereocenters. The fourth-order valence-corrected chi connectivity index (χ4v) is 3.67. The van der Waals surface area contributed by atoms with Crippen LogP contribution < -0.4 is 15.0 Å². The number of anilines is 1. The Morgan fingerprint density at radius 1 is 1.10 bits per heavy atom. The van der Waals surface area contributed by atoms with Gasteiger partial charge < -0.3 is 19.9 Å². The minimum Gasteiger partial charge on any atom is -0.484 e. The number of halogens is 1. The standard InChI is InChI=1S/C22H26ClN3O3/c1-16-11-17(2)13-18(12-16)29-15-22(28)26-9-7-25(8-10-26)14-21(27)24-20-6-4-3-5-19(20)23/h3-6,11-13H,7-10,14-15H2,1-2H3,(H,24,27)/p+1. The van der Waals surface area contributed by atoms with Crippen LogP contribution in [0, 0.1) is 13.8 Å². The van der Waals surface area contributed by atoms with Crippen molar-refractivity contribution < 1.29 is 19.2 Å². The lowest BCUT2D eigenvalue weighted by molar-refractivity contribution is -0.895. The van der Waals surface area contributed by atoms with Gasteiger partial charge in [0, 0.05) is 0 Å². The van der Waals surface area contributed by atoms with Gasteiger partial charge in [0.1, 0.15) is 5.75 Å². The van der Waals surface area contributed by atoms with Crippen molar-refractivity contribution in [3.8, 4) is 5.75 Å². The van der Waals surface area contributed by atoms with Crippen LogP contribution in [-0.2, 0) is 9.59 Å². The molecule has 7 heteroatoms. The van der Waals surface area contributed by atoms with E-state index in [4.69, 9.17) is 16.3 Å². The third kappa shape index (κ3) is 6.21. The number of piperazine rings is 1. The second kappa shape index (κ2) is 9.76. The topological polar surface area (TPSA) is 63.1 Å². The number of aryl methyl sites for hydroxylation is 2. The summed E-state index contributed by atoms with van der Waals surface area (Å²) in [6, 6.07) is 13.1. The van der Waals surface area contributed by atoms with Crippen molar-refractivity contribution in [1.29, 1.82) is 0 Å². The Hall–Kier alpha value is -2.57. The summed E-state index contributed by atoms with van der Waals surface area (Å²) >= 11 is 6.08. The van der Waals surface area contributed by atoms with Crippen LogP contribution in [0.5, 0.6) is 5.75 Å². The van der Waals surface area contributed by atoms with Crippen LogP contribution in [0.1, 0.15) is 11.1 Å². The fraction of sp³-hybridized carbons (Fsp3) is 0.364. The summed E-state index contributed by atoms with van der Waals surface area (Å²) in [5.41, 5.74) is 2.84. The molecule has 0 bridgehead atoms. The van der Waals surface area contributed by atoms with Gasteiger partial charge in [0.25, 0.3) is 11.8 Å². The molecule has 1 aliphatic rings. The van der Waals surface area contributed by atoms with E-state index in [-0.39, 0.29) is 18.4 Å². The Balaban J connectivity index is 1.42. The molecule has 0 aliphatic carbocycles. The first-order chi connectivity index (χ1) is 13.9. The average Bonchev–Trinajstić information content (AvgIpc) is 2.68. The second-order valence-electron chi connectivity index (χ2n) is 7.45. The van der Waals surface area contributed by atoms with Gasteiger partial charge in [-0.25, -0.2) is 0 Å². The highest BCUT2D eigenvalue weighted by molar-refractivity contribution is 6.33. The number of amides is 2. The van der Waals surface area contributed by atoms with Crippen LogP contribution in [0.25, 0.3) is 0 Å². The number of nitrogens with one attached hydrogen (secondary N) is 2. The molecule has 0 unspecified atom stereocenters. The van der Waals surface area contributed by atoms with Crippen LogP contribution in [0.2, 0.25) is 5.02 Å². The monoisotopic (exact) mass is 416 g/mol. The first-order valence-corrected chi connectivity index (χ1v) is 10.2. The molecule has 1 fully saturated rings. The minimum absolute atomic E-state index is 0.0243. The molecule has 0 spiro atoms. The van der Waals surface area contributed by atoms with Crippen LogP contribution >= 0.6 is 11.6 Å².